The second-order valence-electron chi connectivity index (χ2n) is 6.40. The molecule has 0 atom stereocenters. The first-order chi connectivity index (χ1) is 12.8. The second-order valence-corrected chi connectivity index (χ2v) is 6.40. The number of ether oxygens (including phenoxy) is 1. The zero-order valence-corrected chi connectivity index (χ0v) is 14.8. The van der Waals surface area contributed by atoms with Crippen LogP contribution in [0.4, 0.5) is 0 Å². The van der Waals surface area contributed by atoms with Crippen LogP contribution >= 0.6 is 0 Å². The Morgan fingerprint density at radius 3 is 2.50 bits per heavy atom. The Hall–Kier alpha value is -3.08. The van der Waals surface area contributed by atoms with Gasteiger partial charge in [-0.3, -0.25) is 4.79 Å². The highest BCUT2D eigenvalue weighted by molar-refractivity contribution is 5.93. The van der Waals surface area contributed by atoms with Gasteiger partial charge in [-0.15, -0.1) is 0 Å². The molecule has 0 saturated carbocycles. The van der Waals surface area contributed by atoms with Crippen molar-refractivity contribution in [2.75, 3.05) is 6.54 Å². The highest BCUT2D eigenvalue weighted by Crippen LogP contribution is 2.29. The van der Waals surface area contributed by atoms with Crippen molar-refractivity contribution >= 4 is 5.91 Å². The molecule has 0 bridgehead atoms. The van der Waals surface area contributed by atoms with Gasteiger partial charge in [-0.25, -0.2) is 4.98 Å². The lowest BCUT2D eigenvalue weighted by Crippen LogP contribution is -2.25. The number of aromatic nitrogens is 2. The number of benzene rings is 2. The fraction of sp³-hybridized carbons (Fsp3) is 0.238. The van der Waals surface area contributed by atoms with Gasteiger partial charge in [0, 0.05) is 12.1 Å². The Morgan fingerprint density at radius 1 is 1.04 bits per heavy atom. The number of para-hydroxylation sites is 1. The zero-order chi connectivity index (χ0) is 17.9. The molecule has 2 heterocycles. The summed E-state index contributed by atoms with van der Waals surface area (Å²) in [4.78, 5) is 18.6. The van der Waals surface area contributed by atoms with Crippen LogP contribution in [0.5, 0.6) is 11.5 Å². The molecule has 0 saturated heterocycles. The molecule has 0 N–H and O–H groups in total. The molecule has 26 heavy (non-hydrogen) atoms. The fourth-order valence-electron chi connectivity index (χ4n) is 3.14. The van der Waals surface area contributed by atoms with E-state index in [-0.39, 0.29) is 5.91 Å². The van der Waals surface area contributed by atoms with E-state index in [0.29, 0.717) is 12.5 Å². The third-order valence-corrected chi connectivity index (χ3v) is 4.56. The van der Waals surface area contributed by atoms with Crippen molar-refractivity contribution in [1.29, 1.82) is 0 Å². The van der Waals surface area contributed by atoms with Gasteiger partial charge >= 0.3 is 0 Å². The minimum Gasteiger partial charge on any atom is -0.457 e. The zero-order valence-electron chi connectivity index (χ0n) is 14.8. The molecule has 4 rings (SSSR count). The van der Waals surface area contributed by atoms with Gasteiger partial charge in [-0.2, -0.15) is 0 Å². The Bertz CT molecular complexity index is 901. The first-order valence-corrected chi connectivity index (χ1v) is 8.94. The van der Waals surface area contributed by atoms with Gasteiger partial charge in [0.25, 0.3) is 5.91 Å². The van der Waals surface area contributed by atoms with E-state index >= 15 is 0 Å². The van der Waals surface area contributed by atoms with E-state index in [1.807, 2.05) is 64.1 Å². The Kier molecular flexibility index (Phi) is 4.44. The van der Waals surface area contributed by atoms with Crippen LogP contribution < -0.4 is 4.74 Å². The summed E-state index contributed by atoms with van der Waals surface area (Å²) in [5.74, 6) is 2.14. The minimum absolute atomic E-state index is 0.0220. The highest BCUT2D eigenvalue weighted by atomic mass is 16.5. The molecule has 132 valence electrons. The molecule has 5 heteroatoms. The molecule has 1 aliphatic heterocycles. The maximum absolute atomic E-state index is 12.4. The number of rotatable bonds is 6. The first kappa shape index (κ1) is 16.4. The van der Waals surface area contributed by atoms with Gasteiger partial charge in [0.2, 0.25) is 5.82 Å². The smallest absolute Gasteiger partial charge is 0.291 e. The summed E-state index contributed by atoms with van der Waals surface area (Å²) < 4.78 is 7.83. The van der Waals surface area contributed by atoms with Crippen molar-refractivity contribution < 1.29 is 9.53 Å². The molecule has 3 aromatic rings. The predicted molar refractivity (Wildman–Crippen MR) is 100 cm³/mol. The SMILES string of the molecule is CCCCN1Cn2c(-c3ccc(Oc4ccccc4)cc3)cnc2C1=O. The van der Waals surface area contributed by atoms with Crippen LogP contribution in [0.3, 0.4) is 0 Å². The first-order valence-electron chi connectivity index (χ1n) is 8.94. The molecule has 0 fully saturated rings. The molecule has 2 aromatic carbocycles. The normalized spacial score (nSPS) is 13.1. The number of unbranched alkanes of at least 4 members (excludes halogenated alkanes) is 1. The van der Waals surface area contributed by atoms with E-state index in [0.717, 1.165) is 42.1 Å². The molecular formula is C21H21N3O2. The third-order valence-electron chi connectivity index (χ3n) is 4.56. The lowest BCUT2D eigenvalue weighted by atomic mass is 10.1. The summed E-state index contributed by atoms with van der Waals surface area (Å²) in [6, 6.07) is 17.6. The topological polar surface area (TPSA) is 47.4 Å². The van der Waals surface area contributed by atoms with E-state index in [1.54, 1.807) is 6.20 Å². The van der Waals surface area contributed by atoms with Gasteiger partial charge < -0.3 is 14.2 Å². The van der Waals surface area contributed by atoms with E-state index in [1.165, 1.54) is 0 Å². The Labute approximate surface area is 152 Å². The molecule has 5 nitrogen and oxygen atoms in total. The van der Waals surface area contributed by atoms with Gasteiger partial charge in [0.1, 0.15) is 11.5 Å². The average Bonchev–Trinajstić information content (AvgIpc) is 3.22. The van der Waals surface area contributed by atoms with Crippen LogP contribution in [0.1, 0.15) is 30.4 Å². The lowest BCUT2D eigenvalue weighted by Gasteiger charge is -2.15. The molecule has 0 radical (unpaired) electrons. The average molecular weight is 347 g/mol. The monoisotopic (exact) mass is 347 g/mol. The molecular weight excluding hydrogens is 326 g/mol. The lowest BCUT2D eigenvalue weighted by molar-refractivity contribution is 0.0764. The summed E-state index contributed by atoms with van der Waals surface area (Å²) in [6.45, 7) is 3.48. The Balaban J connectivity index is 1.53. The predicted octanol–water partition coefficient (Wildman–Crippen LogP) is 4.56. The van der Waals surface area contributed by atoms with Gasteiger partial charge in [-0.05, 0) is 42.8 Å². The quantitative estimate of drug-likeness (QED) is 0.657. The van der Waals surface area contributed by atoms with Crippen molar-refractivity contribution in [3.63, 3.8) is 0 Å². The van der Waals surface area contributed by atoms with Crippen LogP contribution in [0.2, 0.25) is 0 Å². The number of nitrogens with zero attached hydrogens (tertiary/aromatic N) is 3. The molecule has 1 amide bonds. The van der Waals surface area contributed by atoms with Crippen molar-refractivity contribution in [3.8, 4) is 22.8 Å². The third kappa shape index (κ3) is 3.08. The molecule has 0 unspecified atom stereocenters. The van der Waals surface area contributed by atoms with Crippen LogP contribution in [0.15, 0.2) is 60.8 Å². The minimum atomic E-state index is 0.0220. The van der Waals surface area contributed by atoms with E-state index in [9.17, 15) is 4.79 Å². The maximum Gasteiger partial charge on any atom is 0.291 e. The molecule has 1 aromatic heterocycles. The van der Waals surface area contributed by atoms with Crippen LogP contribution in [-0.2, 0) is 6.67 Å². The second kappa shape index (κ2) is 7.04. The molecule has 1 aliphatic rings. The Morgan fingerprint density at radius 2 is 1.77 bits per heavy atom. The molecule has 0 aliphatic carbocycles. The van der Waals surface area contributed by atoms with E-state index in [2.05, 4.69) is 11.9 Å². The van der Waals surface area contributed by atoms with Gasteiger partial charge in [-0.1, -0.05) is 31.5 Å². The summed E-state index contributed by atoms with van der Waals surface area (Å²) in [5, 5.41) is 0. The van der Waals surface area contributed by atoms with Crippen LogP contribution in [-0.4, -0.2) is 26.9 Å². The summed E-state index contributed by atoms with van der Waals surface area (Å²) in [5.41, 5.74) is 1.98. The molecule has 0 spiro atoms. The van der Waals surface area contributed by atoms with Gasteiger partial charge in [0.15, 0.2) is 0 Å². The van der Waals surface area contributed by atoms with Gasteiger partial charge in [0.05, 0.1) is 18.6 Å². The summed E-state index contributed by atoms with van der Waals surface area (Å²) >= 11 is 0. The number of carbonyl (C=O) groups excluding carboxylic acids is 1. The fourth-order valence-corrected chi connectivity index (χ4v) is 3.14. The van der Waals surface area contributed by atoms with E-state index in [4.69, 9.17) is 4.74 Å². The number of hydrogen-bond acceptors (Lipinski definition) is 3. The highest BCUT2D eigenvalue weighted by Gasteiger charge is 2.30. The largest absolute Gasteiger partial charge is 0.457 e. The standard InChI is InChI=1S/C21H21N3O2/c1-2-3-13-23-15-24-19(14-22-20(24)21(23)25)16-9-11-18(12-10-16)26-17-7-5-4-6-8-17/h4-12,14H,2-3,13,15H2,1H3. The number of hydrogen-bond donors (Lipinski definition) is 0. The van der Waals surface area contributed by atoms with Crippen molar-refractivity contribution in [2.45, 2.75) is 26.4 Å². The number of amides is 1. The van der Waals surface area contributed by atoms with E-state index < -0.39 is 0 Å². The van der Waals surface area contributed by atoms with Crippen molar-refractivity contribution in [3.05, 3.63) is 66.6 Å². The summed E-state index contributed by atoms with van der Waals surface area (Å²) in [7, 11) is 0. The van der Waals surface area contributed by atoms with Crippen LogP contribution in [0.25, 0.3) is 11.3 Å². The van der Waals surface area contributed by atoms with Crippen molar-refractivity contribution in [1.82, 2.24) is 14.5 Å². The maximum atomic E-state index is 12.4. The van der Waals surface area contributed by atoms with Crippen LogP contribution in [0, 0.1) is 0 Å². The number of fused-ring (bicyclic) bond motifs is 1. The number of carbonyl (C=O) groups is 1. The number of imidazole rings is 1. The van der Waals surface area contributed by atoms with Crippen molar-refractivity contribution in [2.24, 2.45) is 0 Å². The summed E-state index contributed by atoms with van der Waals surface area (Å²) in [6.07, 6.45) is 3.86.